The van der Waals surface area contributed by atoms with Crippen LogP contribution in [-0.4, -0.2) is 18.7 Å². The van der Waals surface area contributed by atoms with Crippen LogP contribution in [0.1, 0.15) is 0 Å². The Bertz CT molecular complexity index is 633. The Morgan fingerprint density at radius 3 is 2.60 bits per heavy atom. The van der Waals surface area contributed by atoms with Gasteiger partial charge in [-0.25, -0.2) is 9.78 Å². The van der Waals surface area contributed by atoms with Crippen LogP contribution in [0.15, 0.2) is 15.9 Å². The van der Waals surface area contributed by atoms with E-state index < -0.39 is 5.69 Å². The average Bonchev–Trinajstić information content (AvgIpc) is 2.67. The van der Waals surface area contributed by atoms with Gasteiger partial charge in [-0.1, -0.05) is 0 Å². The highest BCUT2D eigenvalue weighted by Gasteiger charge is 2.12. The van der Waals surface area contributed by atoms with Crippen LogP contribution in [-0.2, 0) is 20.8 Å². The number of hydrogen-bond acceptors (Lipinski definition) is 4. The normalized spacial score (nSPS) is 11.1. The van der Waals surface area contributed by atoms with E-state index in [1.807, 2.05) is 0 Å². The summed E-state index contributed by atoms with van der Waals surface area (Å²) >= 11 is 0. The molecular weight excluding hydrogens is 198 g/mol. The van der Waals surface area contributed by atoms with Crippen LogP contribution in [0.3, 0.4) is 0 Å². The summed E-state index contributed by atoms with van der Waals surface area (Å²) in [6.45, 7) is 0.157. The fourth-order valence-corrected chi connectivity index (χ4v) is 1.54. The standard InChI is InChI=1S/C8H11N5O2/c1-11-6-5(13(3-9)4-10-6)7(14)12(2)8(11)15/h4H,3,9H2,1-2H3. The van der Waals surface area contributed by atoms with Crippen molar-refractivity contribution < 1.29 is 0 Å². The second kappa shape index (κ2) is 3.06. The van der Waals surface area contributed by atoms with Crippen LogP contribution in [0.5, 0.6) is 0 Å². The lowest BCUT2D eigenvalue weighted by Gasteiger charge is -2.04. The van der Waals surface area contributed by atoms with Gasteiger partial charge in [-0.3, -0.25) is 13.9 Å². The van der Waals surface area contributed by atoms with Crippen LogP contribution in [0.25, 0.3) is 11.2 Å². The van der Waals surface area contributed by atoms with E-state index >= 15 is 0 Å². The SMILES string of the molecule is Cn1c(=O)c2c(ncn2CN)n(C)c1=O. The predicted octanol–water partition coefficient (Wildman–Crippen LogP) is -1.65. The minimum atomic E-state index is -0.394. The van der Waals surface area contributed by atoms with Crippen LogP contribution in [0.4, 0.5) is 0 Å². The Labute approximate surface area is 84.4 Å². The number of nitrogens with zero attached hydrogens (tertiary/aromatic N) is 4. The number of aryl methyl sites for hydroxylation is 1. The van der Waals surface area contributed by atoms with E-state index in [1.54, 1.807) is 7.05 Å². The lowest BCUT2D eigenvalue weighted by atomic mass is 10.5. The lowest BCUT2D eigenvalue weighted by molar-refractivity contribution is 0.695. The van der Waals surface area contributed by atoms with Crippen LogP contribution in [0, 0.1) is 0 Å². The van der Waals surface area contributed by atoms with E-state index in [0.29, 0.717) is 11.2 Å². The zero-order chi connectivity index (χ0) is 11.2. The Morgan fingerprint density at radius 2 is 2.00 bits per heavy atom. The van der Waals surface area contributed by atoms with Crippen LogP contribution >= 0.6 is 0 Å². The second-order valence-electron chi connectivity index (χ2n) is 3.27. The summed E-state index contributed by atoms with van der Waals surface area (Å²) in [6, 6.07) is 0. The Kier molecular flexibility index (Phi) is 1.97. The molecule has 0 unspecified atom stereocenters. The molecule has 0 saturated carbocycles. The fourth-order valence-electron chi connectivity index (χ4n) is 1.54. The van der Waals surface area contributed by atoms with Crippen molar-refractivity contribution >= 4 is 11.2 Å². The van der Waals surface area contributed by atoms with Gasteiger partial charge < -0.3 is 10.3 Å². The molecule has 2 heterocycles. The first-order valence-corrected chi connectivity index (χ1v) is 4.39. The molecule has 2 rings (SSSR count). The number of aromatic nitrogens is 4. The molecular formula is C8H11N5O2. The van der Waals surface area contributed by atoms with Crippen molar-refractivity contribution in [3.63, 3.8) is 0 Å². The molecule has 0 radical (unpaired) electrons. The third kappa shape index (κ3) is 1.13. The Hall–Kier alpha value is -1.89. The minimum absolute atomic E-state index is 0.157. The number of imidazole rings is 1. The number of rotatable bonds is 1. The molecule has 2 aromatic heterocycles. The zero-order valence-electron chi connectivity index (χ0n) is 8.47. The average molecular weight is 209 g/mol. The summed E-state index contributed by atoms with van der Waals surface area (Å²) in [5, 5.41) is 0. The first kappa shape index (κ1) is 9.66. The topological polar surface area (TPSA) is 87.8 Å². The summed E-state index contributed by atoms with van der Waals surface area (Å²) in [5.74, 6) is 0. The minimum Gasteiger partial charge on any atom is -0.314 e. The second-order valence-corrected chi connectivity index (χ2v) is 3.27. The molecule has 0 fully saturated rings. The van der Waals surface area contributed by atoms with Crippen molar-refractivity contribution in [3.8, 4) is 0 Å². The maximum Gasteiger partial charge on any atom is 0.332 e. The van der Waals surface area contributed by atoms with Crippen LogP contribution < -0.4 is 17.0 Å². The van der Waals surface area contributed by atoms with Gasteiger partial charge in [0, 0.05) is 14.1 Å². The molecule has 0 saturated heterocycles. The lowest BCUT2D eigenvalue weighted by Crippen LogP contribution is -2.37. The van der Waals surface area contributed by atoms with Gasteiger partial charge in [-0.15, -0.1) is 0 Å². The quantitative estimate of drug-likeness (QED) is 0.609. The molecule has 0 spiro atoms. The maximum atomic E-state index is 11.8. The van der Waals surface area contributed by atoms with Crippen LogP contribution in [0.2, 0.25) is 0 Å². The molecule has 0 atom stereocenters. The summed E-state index contributed by atoms with van der Waals surface area (Å²) in [5.41, 5.74) is 5.39. The van der Waals surface area contributed by atoms with Crippen molar-refractivity contribution in [2.24, 2.45) is 19.8 Å². The zero-order valence-corrected chi connectivity index (χ0v) is 8.47. The van der Waals surface area contributed by atoms with Gasteiger partial charge in [0.2, 0.25) is 0 Å². The largest absolute Gasteiger partial charge is 0.332 e. The molecule has 0 aliphatic carbocycles. The van der Waals surface area contributed by atoms with E-state index in [9.17, 15) is 9.59 Å². The summed E-state index contributed by atoms with van der Waals surface area (Å²) < 4.78 is 3.87. The van der Waals surface area contributed by atoms with E-state index in [0.717, 1.165) is 4.57 Å². The van der Waals surface area contributed by atoms with Crippen molar-refractivity contribution in [1.82, 2.24) is 18.7 Å². The molecule has 7 heteroatoms. The van der Waals surface area contributed by atoms with E-state index in [1.165, 1.54) is 22.5 Å². The molecule has 0 aromatic carbocycles. The van der Waals surface area contributed by atoms with E-state index in [2.05, 4.69) is 4.98 Å². The fraction of sp³-hybridized carbons (Fsp3) is 0.375. The summed E-state index contributed by atoms with van der Waals surface area (Å²) in [7, 11) is 3.00. The third-order valence-electron chi connectivity index (χ3n) is 2.41. The summed E-state index contributed by atoms with van der Waals surface area (Å²) in [6.07, 6.45) is 1.45. The smallest absolute Gasteiger partial charge is 0.314 e. The Balaban J connectivity index is 3.11. The third-order valence-corrected chi connectivity index (χ3v) is 2.41. The van der Waals surface area contributed by atoms with Crippen molar-refractivity contribution in [1.29, 1.82) is 0 Å². The molecule has 7 nitrogen and oxygen atoms in total. The van der Waals surface area contributed by atoms with Gasteiger partial charge in [0.25, 0.3) is 5.56 Å². The maximum absolute atomic E-state index is 11.8. The number of fused-ring (bicyclic) bond motifs is 1. The molecule has 2 N–H and O–H groups in total. The molecule has 0 bridgehead atoms. The number of hydrogen-bond donors (Lipinski definition) is 1. The highest BCUT2D eigenvalue weighted by atomic mass is 16.2. The molecule has 80 valence electrons. The van der Waals surface area contributed by atoms with Gasteiger partial charge in [0.15, 0.2) is 11.2 Å². The van der Waals surface area contributed by atoms with Crippen molar-refractivity contribution in [2.45, 2.75) is 6.67 Å². The van der Waals surface area contributed by atoms with Crippen molar-refractivity contribution in [2.75, 3.05) is 0 Å². The predicted molar refractivity (Wildman–Crippen MR) is 54.4 cm³/mol. The molecule has 2 aromatic rings. The van der Waals surface area contributed by atoms with Gasteiger partial charge in [-0.05, 0) is 0 Å². The highest BCUT2D eigenvalue weighted by Crippen LogP contribution is 2.03. The molecule has 0 amide bonds. The molecule has 0 aliphatic heterocycles. The van der Waals surface area contributed by atoms with Gasteiger partial charge >= 0.3 is 5.69 Å². The monoisotopic (exact) mass is 209 g/mol. The first-order valence-electron chi connectivity index (χ1n) is 4.39. The van der Waals surface area contributed by atoms with E-state index in [4.69, 9.17) is 5.73 Å². The van der Waals surface area contributed by atoms with Crippen molar-refractivity contribution in [3.05, 3.63) is 27.2 Å². The summed E-state index contributed by atoms with van der Waals surface area (Å²) in [4.78, 5) is 27.3. The van der Waals surface area contributed by atoms with Gasteiger partial charge in [-0.2, -0.15) is 0 Å². The number of nitrogens with two attached hydrogens (primary N) is 1. The first-order chi connectivity index (χ1) is 7.07. The van der Waals surface area contributed by atoms with E-state index in [-0.39, 0.29) is 12.2 Å². The highest BCUT2D eigenvalue weighted by molar-refractivity contribution is 5.69. The Morgan fingerprint density at radius 1 is 1.33 bits per heavy atom. The van der Waals surface area contributed by atoms with Gasteiger partial charge in [0.05, 0.1) is 13.0 Å². The molecule has 0 aliphatic rings. The van der Waals surface area contributed by atoms with Gasteiger partial charge in [0.1, 0.15) is 0 Å². The molecule has 15 heavy (non-hydrogen) atoms.